The predicted molar refractivity (Wildman–Crippen MR) is 137 cm³/mol. The summed E-state index contributed by atoms with van der Waals surface area (Å²) in [5, 5.41) is 2.93. The molecule has 2 amide bonds. The van der Waals surface area contributed by atoms with Gasteiger partial charge in [-0.05, 0) is 69.9 Å². The van der Waals surface area contributed by atoms with E-state index in [1.165, 1.54) is 4.90 Å². The van der Waals surface area contributed by atoms with Crippen LogP contribution in [0.1, 0.15) is 49.4 Å². The number of nitrogens with zero attached hydrogens (tertiary/aromatic N) is 2. The molecule has 0 fully saturated rings. The first-order valence-electron chi connectivity index (χ1n) is 11.5. The van der Waals surface area contributed by atoms with Crippen LogP contribution >= 0.6 is 0 Å². The second-order valence-corrected chi connectivity index (χ2v) is 10.9. The maximum Gasteiger partial charge on any atom is 0.244 e. The molecule has 186 valence electrons. The summed E-state index contributed by atoms with van der Waals surface area (Å²) in [7, 11) is -3.74. The predicted octanol–water partition coefficient (Wildman–Crippen LogP) is 3.71. The van der Waals surface area contributed by atoms with Crippen molar-refractivity contribution < 1.29 is 18.0 Å². The van der Waals surface area contributed by atoms with Crippen molar-refractivity contribution in [1.82, 2.24) is 10.2 Å². The molecule has 0 radical (unpaired) electrons. The van der Waals surface area contributed by atoms with Gasteiger partial charge in [-0.3, -0.25) is 13.9 Å². The van der Waals surface area contributed by atoms with Gasteiger partial charge < -0.3 is 10.2 Å². The van der Waals surface area contributed by atoms with Crippen molar-refractivity contribution in [3.63, 3.8) is 0 Å². The van der Waals surface area contributed by atoms with E-state index in [2.05, 4.69) is 5.32 Å². The number of hydrogen-bond acceptors (Lipinski definition) is 4. The molecule has 0 bridgehead atoms. The molecule has 0 aliphatic carbocycles. The van der Waals surface area contributed by atoms with E-state index in [-0.39, 0.29) is 18.5 Å². The Balaban J connectivity index is 2.41. The minimum Gasteiger partial charge on any atom is -0.352 e. The van der Waals surface area contributed by atoms with Gasteiger partial charge in [-0.25, -0.2) is 8.42 Å². The van der Waals surface area contributed by atoms with Crippen LogP contribution in [0.4, 0.5) is 5.69 Å². The minimum atomic E-state index is -3.74. The van der Waals surface area contributed by atoms with Gasteiger partial charge in [-0.2, -0.15) is 0 Å². The normalized spacial score (nSPS) is 13.1. The molecular formula is C26H37N3O4S. The largest absolute Gasteiger partial charge is 0.352 e. The summed E-state index contributed by atoms with van der Waals surface area (Å²) < 4.78 is 26.4. The average molecular weight is 488 g/mol. The van der Waals surface area contributed by atoms with Gasteiger partial charge in [0.1, 0.15) is 12.6 Å². The van der Waals surface area contributed by atoms with Crippen molar-refractivity contribution in [2.24, 2.45) is 0 Å². The molecule has 0 aliphatic rings. The lowest BCUT2D eigenvalue weighted by molar-refractivity contribution is -0.139. The Morgan fingerprint density at radius 3 is 2.24 bits per heavy atom. The molecule has 34 heavy (non-hydrogen) atoms. The summed E-state index contributed by atoms with van der Waals surface area (Å²) in [6, 6.07) is 12.2. The van der Waals surface area contributed by atoms with Crippen LogP contribution in [0.5, 0.6) is 0 Å². The maximum atomic E-state index is 13.6. The van der Waals surface area contributed by atoms with Gasteiger partial charge in [0, 0.05) is 12.6 Å². The Hall–Kier alpha value is -2.87. The van der Waals surface area contributed by atoms with Gasteiger partial charge in [-0.1, -0.05) is 42.8 Å². The Bertz CT molecular complexity index is 1130. The SMILES string of the molecule is CC[C@@H](C)NC(=O)[C@H](C)N(Cc1cccc(C)c1)C(=O)CN(c1ccc(C)c(C)c1)S(C)(=O)=O. The third-order valence-electron chi connectivity index (χ3n) is 6.06. The Morgan fingerprint density at radius 1 is 1.00 bits per heavy atom. The van der Waals surface area contributed by atoms with Crippen molar-refractivity contribution in [2.45, 2.75) is 66.6 Å². The molecule has 0 unspecified atom stereocenters. The van der Waals surface area contributed by atoms with E-state index in [1.807, 2.05) is 65.0 Å². The number of benzene rings is 2. The van der Waals surface area contributed by atoms with Crippen LogP contribution in [0.15, 0.2) is 42.5 Å². The molecule has 8 heteroatoms. The summed E-state index contributed by atoms with van der Waals surface area (Å²) in [6.07, 6.45) is 1.85. The number of carbonyl (C=O) groups excluding carboxylic acids is 2. The highest BCUT2D eigenvalue weighted by atomic mass is 32.2. The van der Waals surface area contributed by atoms with Crippen LogP contribution in [-0.4, -0.2) is 50.0 Å². The third kappa shape index (κ3) is 7.32. The number of nitrogens with one attached hydrogen (secondary N) is 1. The van der Waals surface area contributed by atoms with Crippen LogP contribution in [0.3, 0.4) is 0 Å². The Morgan fingerprint density at radius 2 is 1.68 bits per heavy atom. The molecule has 1 N–H and O–H groups in total. The monoisotopic (exact) mass is 487 g/mol. The molecule has 2 aromatic carbocycles. The maximum absolute atomic E-state index is 13.6. The first-order valence-corrected chi connectivity index (χ1v) is 13.4. The number of carbonyl (C=O) groups is 2. The highest BCUT2D eigenvalue weighted by molar-refractivity contribution is 7.92. The van der Waals surface area contributed by atoms with E-state index in [1.54, 1.807) is 19.1 Å². The van der Waals surface area contributed by atoms with Gasteiger partial charge in [0.2, 0.25) is 21.8 Å². The Labute approximate surface area is 204 Å². The molecule has 2 aromatic rings. The lowest BCUT2D eigenvalue weighted by Crippen LogP contribution is -2.52. The zero-order valence-electron chi connectivity index (χ0n) is 21.3. The smallest absolute Gasteiger partial charge is 0.244 e. The van der Waals surface area contributed by atoms with E-state index in [4.69, 9.17) is 0 Å². The molecule has 0 heterocycles. The standard InChI is InChI=1S/C26H37N3O4S/c1-8-21(5)27-26(31)22(6)28(16-23-11-9-10-18(2)14-23)25(30)17-29(34(7,32)33)24-13-12-19(3)20(4)15-24/h9-15,21-22H,8,16-17H2,1-7H3,(H,27,31)/t21-,22+/m1/s1. The van der Waals surface area contributed by atoms with Gasteiger partial charge in [0.15, 0.2) is 0 Å². The number of aryl methyl sites for hydroxylation is 3. The summed E-state index contributed by atoms with van der Waals surface area (Å²) in [4.78, 5) is 27.9. The number of hydrogen-bond donors (Lipinski definition) is 1. The van der Waals surface area contributed by atoms with E-state index >= 15 is 0 Å². The zero-order valence-corrected chi connectivity index (χ0v) is 22.1. The summed E-state index contributed by atoms with van der Waals surface area (Å²) in [5.74, 6) is -0.718. The first-order chi connectivity index (χ1) is 15.8. The highest BCUT2D eigenvalue weighted by Crippen LogP contribution is 2.22. The number of anilines is 1. The second-order valence-electron chi connectivity index (χ2n) is 9.04. The second kappa shape index (κ2) is 11.5. The fourth-order valence-electron chi connectivity index (χ4n) is 3.55. The quantitative estimate of drug-likeness (QED) is 0.554. The van der Waals surface area contributed by atoms with Crippen molar-refractivity contribution >= 4 is 27.5 Å². The molecule has 0 saturated carbocycles. The zero-order chi connectivity index (χ0) is 25.6. The van der Waals surface area contributed by atoms with Crippen LogP contribution in [0.2, 0.25) is 0 Å². The third-order valence-corrected chi connectivity index (χ3v) is 7.20. The highest BCUT2D eigenvalue weighted by Gasteiger charge is 2.30. The first kappa shape index (κ1) is 27.4. The lowest BCUT2D eigenvalue weighted by atomic mass is 10.1. The summed E-state index contributed by atoms with van der Waals surface area (Å²) >= 11 is 0. The van der Waals surface area contributed by atoms with E-state index in [0.29, 0.717) is 5.69 Å². The minimum absolute atomic E-state index is 0.0334. The molecule has 0 saturated heterocycles. The topological polar surface area (TPSA) is 86.8 Å². The average Bonchev–Trinajstić information content (AvgIpc) is 2.76. The van der Waals surface area contributed by atoms with Crippen LogP contribution in [0.25, 0.3) is 0 Å². The van der Waals surface area contributed by atoms with Crippen molar-refractivity contribution in [3.8, 4) is 0 Å². The number of rotatable bonds is 10. The molecule has 7 nitrogen and oxygen atoms in total. The van der Waals surface area contributed by atoms with Crippen molar-refractivity contribution in [3.05, 3.63) is 64.7 Å². The van der Waals surface area contributed by atoms with Gasteiger partial charge in [0.05, 0.1) is 11.9 Å². The molecule has 0 aliphatic heterocycles. The fraction of sp³-hybridized carbons (Fsp3) is 0.462. The summed E-state index contributed by atoms with van der Waals surface area (Å²) in [6.45, 7) is 11.1. The van der Waals surface area contributed by atoms with E-state index < -0.39 is 28.5 Å². The fourth-order valence-corrected chi connectivity index (χ4v) is 4.39. The summed E-state index contributed by atoms with van der Waals surface area (Å²) in [5.41, 5.74) is 4.28. The van der Waals surface area contributed by atoms with Gasteiger partial charge in [0.25, 0.3) is 0 Å². The molecule has 2 rings (SSSR count). The van der Waals surface area contributed by atoms with E-state index in [0.717, 1.165) is 39.2 Å². The van der Waals surface area contributed by atoms with Gasteiger partial charge in [-0.15, -0.1) is 0 Å². The van der Waals surface area contributed by atoms with Crippen LogP contribution in [0, 0.1) is 20.8 Å². The molecule has 2 atom stereocenters. The lowest BCUT2D eigenvalue weighted by Gasteiger charge is -2.32. The van der Waals surface area contributed by atoms with Crippen molar-refractivity contribution in [2.75, 3.05) is 17.1 Å². The molecular weight excluding hydrogens is 450 g/mol. The Kier molecular flexibility index (Phi) is 9.27. The molecule has 0 aromatic heterocycles. The number of sulfonamides is 1. The van der Waals surface area contributed by atoms with E-state index in [9.17, 15) is 18.0 Å². The van der Waals surface area contributed by atoms with Crippen LogP contribution < -0.4 is 9.62 Å². The van der Waals surface area contributed by atoms with Crippen LogP contribution in [-0.2, 0) is 26.2 Å². The number of amides is 2. The van der Waals surface area contributed by atoms with Crippen molar-refractivity contribution in [1.29, 1.82) is 0 Å². The molecule has 0 spiro atoms. The van der Waals surface area contributed by atoms with Gasteiger partial charge >= 0.3 is 0 Å².